The van der Waals surface area contributed by atoms with Gasteiger partial charge in [0.05, 0.1) is 76.4 Å². The minimum absolute atomic E-state index is 0.498. The predicted octanol–water partition coefficient (Wildman–Crippen LogP) is 18.2. The first-order valence-corrected chi connectivity index (χ1v) is 24.0. The van der Waals surface area contributed by atoms with Crippen molar-refractivity contribution in [3.8, 4) is 79.1 Å². The SMILES string of the molecule is [C-]#[N+]c1ccc(-c2ccc3c4ccc(-c5ccc(C#N)cc5)cc4n(-c4cc([N+]#[C-])c(-c5cc(C)cc(C)c5)cc4-n4c5cc(-c6ccc(C#N)cc6)ccc5c5ccc(-c6ccc([N+]#[C-])cc6)cc54)c3c2)cc1. The number of rotatable bonds is 7. The van der Waals surface area contributed by atoms with E-state index in [0.29, 0.717) is 28.2 Å². The molecule has 0 bridgehead atoms. The van der Waals surface area contributed by atoms with Gasteiger partial charge in [-0.1, -0.05) is 151 Å². The monoisotopic (exact) mass is 941 g/mol. The molecule has 2 heterocycles. The molecule has 0 atom stereocenters. The molecule has 0 saturated carbocycles. The second-order valence-electron chi connectivity index (χ2n) is 18.6. The van der Waals surface area contributed by atoms with Gasteiger partial charge in [0.25, 0.3) is 0 Å². The fourth-order valence-electron chi connectivity index (χ4n) is 10.6. The summed E-state index contributed by atoms with van der Waals surface area (Å²) in [6.45, 7) is 28.3. The van der Waals surface area contributed by atoms with Crippen molar-refractivity contribution in [2.45, 2.75) is 13.8 Å². The Morgan fingerprint density at radius 3 is 0.986 bits per heavy atom. The highest BCUT2D eigenvalue weighted by Gasteiger charge is 2.24. The lowest BCUT2D eigenvalue weighted by Gasteiger charge is -2.21. The van der Waals surface area contributed by atoms with Crippen LogP contribution in [0.5, 0.6) is 0 Å². The number of hydrogen-bond donors (Lipinski definition) is 0. The normalized spacial score (nSPS) is 11.0. The van der Waals surface area contributed by atoms with E-state index in [1.165, 1.54) is 0 Å². The summed E-state index contributed by atoms with van der Waals surface area (Å²) in [6, 6.07) is 72.0. The zero-order chi connectivity index (χ0) is 50.6. The molecule has 0 amide bonds. The molecule has 0 spiro atoms. The fraction of sp³-hybridized carbons (Fsp3) is 0.0299. The van der Waals surface area contributed by atoms with E-state index in [1.54, 1.807) is 0 Å². The molecular weight excluding hydrogens is 903 g/mol. The summed E-state index contributed by atoms with van der Waals surface area (Å²) in [6.07, 6.45) is 0. The van der Waals surface area contributed by atoms with E-state index >= 15 is 0 Å². The van der Waals surface area contributed by atoms with Crippen molar-refractivity contribution >= 4 is 60.7 Å². The number of fused-ring (bicyclic) bond motifs is 6. The average molecular weight is 942 g/mol. The van der Waals surface area contributed by atoms with Gasteiger partial charge in [-0.05, 0) is 130 Å². The summed E-state index contributed by atoms with van der Waals surface area (Å²) >= 11 is 0. The number of benzene rings is 10. The second-order valence-corrected chi connectivity index (χ2v) is 18.6. The van der Waals surface area contributed by atoms with Crippen molar-refractivity contribution in [2.24, 2.45) is 0 Å². The third-order valence-corrected chi connectivity index (χ3v) is 14.1. The fourth-order valence-corrected chi connectivity index (χ4v) is 10.6. The number of nitrogens with zero attached hydrogens (tertiary/aromatic N) is 7. The topological polar surface area (TPSA) is 70.5 Å². The molecular formula is C67H39N7. The van der Waals surface area contributed by atoms with Crippen molar-refractivity contribution in [1.82, 2.24) is 9.13 Å². The summed E-state index contributed by atoms with van der Waals surface area (Å²) in [5, 5.41) is 23.5. The first-order chi connectivity index (χ1) is 36.2. The van der Waals surface area contributed by atoms with Gasteiger partial charge in [0.1, 0.15) is 0 Å². The number of aromatic nitrogens is 2. The molecule has 12 aromatic rings. The van der Waals surface area contributed by atoms with Gasteiger partial charge in [0, 0.05) is 21.5 Å². The van der Waals surface area contributed by atoms with Crippen molar-refractivity contribution in [2.75, 3.05) is 0 Å². The molecule has 7 heteroatoms. The minimum atomic E-state index is 0.498. The Hall–Kier alpha value is -10.8. The van der Waals surface area contributed by atoms with Gasteiger partial charge in [0.15, 0.2) is 17.1 Å². The Morgan fingerprint density at radius 2 is 0.662 bits per heavy atom. The third-order valence-electron chi connectivity index (χ3n) is 14.1. The van der Waals surface area contributed by atoms with Gasteiger partial charge >= 0.3 is 0 Å². The molecule has 0 aliphatic carbocycles. The lowest BCUT2D eigenvalue weighted by molar-refractivity contribution is 1.10. The highest BCUT2D eigenvalue weighted by atomic mass is 15.1. The van der Waals surface area contributed by atoms with Crippen LogP contribution in [0.25, 0.3) is 125 Å². The van der Waals surface area contributed by atoms with Crippen LogP contribution in [0.1, 0.15) is 22.3 Å². The molecule has 0 unspecified atom stereocenters. The lowest BCUT2D eigenvalue weighted by Crippen LogP contribution is -2.05. The van der Waals surface area contributed by atoms with E-state index in [0.717, 1.165) is 122 Å². The zero-order valence-electron chi connectivity index (χ0n) is 40.2. The zero-order valence-corrected chi connectivity index (χ0v) is 40.2. The van der Waals surface area contributed by atoms with E-state index in [2.05, 4.69) is 153 Å². The molecule has 342 valence electrons. The first kappa shape index (κ1) is 44.5. The van der Waals surface area contributed by atoms with Gasteiger partial charge in [-0.25, -0.2) is 14.5 Å². The Morgan fingerprint density at radius 1 is 0.338 bits per heavy atom. The Kier molecular flexibility index (Phi) is 10.7. The smallest absolute Gasteiger partial charge is 0.197 e. The summed E-state index contributed by atoms with van der Waals surface area (Å²) in [7, 11) is 0. The van der Waals surface area contributed by atoms with Gasteiger partial charge in [0.2, 0.25) is 0 Å². The highest BCUT2D eigenvalue weighted by Crippen LogP contribution is 2.46. The molecule has 0 aliphatic heterocycles. The van der Waals surface area contributed by atoms with Crippen LogP contribution in [0, 0.1) is 56.2 Å². The van der Waals surface area contributed by atoms with Crippen LogP contribution in [0.2, 0.25) is 0 Å². The van der Waals surface area contributed by atoms with Crippen LogP contribution in [0.4, 0.5) is 17.1 Å². The maximum atomic E-state index is 9.70. The summed E-state index contributed by atoms with van der Waals surface area (Å²) in [5.41, 5.74) is 19.9. The van der Waals surface area contributed by atoms with Crippen LogP contribution in [-0.4, -0.2) is 9.13 Å². The number of nitriles is 2. The highest BCUT2D eigenvalue weighted by molar-refractivity contribution is 6.14. The summed E-state index contributed by atoms with van der Waals surface area (Å²) in [4.78, 5) is 11.6. The van der Waals surface area contributed by atoms with Crippen molar-refractivity contribution < 1.29 is 0 Å². The van der Waals surface area contributed by atoms with Crippen molar-refractivity contribution in [3.05, 3.63) is 257 Å². The largest absolute Gasteiger partial charge is 0.308 e. The number of hydrogen-bond acceptors (Lipinski definition) is 2. The van der Waals surface area contributed by atoms with Crippen LogP contribution in [-0.2, 0) is 0 Å². The summed E-state index contributed by atoms with van der Waals surface area (Å²) < 4.78 is 4.65. The molecule has 12 rings (SSSR count). The first-order valence-electron chi connectivity index (χ1n) is 24.0. The van der Waals surface area contributed by atoms with Gasteiger partial charge < -0.3 is 9.13 Å². The molecule has 0 aliphatic rings. The molecule has 2 aromatic heterocycles. The van der Waals surface area contributed by atoms with Crippen molar-refractivity contribution in [1.29, 1.82) is 10.5 Å². The van der Waals surface area contributed by atoms with E-state index < -0.39 is 0 Å². The maximum Gasteiger partial charge on any atom is 0.197 e. The Bertz CT molecular complexity index is 4270. The third kappa shape index (κ3) is 7.58. The molecule has 10 aromatic carbocycles. The van der Waals surface area contributed by atoms with E-state index in [4.69, 9.17) is 19.7 Å². The number of aryl methyl sites for hydroxylation is 2. The van der Waals surface area contributed by atoms with Crippen LogP contribution >= 0.6 is 0 Å². The van der Waals surface area contributed by atoms with Crippen molar-refractivity contribution in [3.63, 3.8) is 0 Å². The quantitative estimate of drug-likeness (QED) is 0.149. The summed E-state index contributed by atoms with van der Waals surface area (Å²) in [5.74, 6) is 0. The molecule has 74 heavy (non-hydrogen) atoms. The minimum Gasteiger partial charge on any atom is -0.308 e. The van der Waals surface area contributed by atoms with E-state index in [9.17, 15) is 10.5 Å². The molecule has 0 radical (unpaired) electrons. The second kappa shape index (κ2) is 17.9. The van der Waals surface area contributed by atoms with Gasteiger partial charge in [-0.2, -0.15) is 10.5 Å². The predicted molar refractivity (Wildman–Crippen MR) is 300 cm³/mol. The lowest BCUT2D eigenvalue weighted by atomic mass is 9.97. The van der Waals surface area contributed by atoms with Crippen LogP contribution < -0.4 is 0 Å². The van der Waals surface area contributed by atoms with E-state index in [-0.39, 0.29) is 0 Å². The molecule has 0 saturated heterocycles. The Balaban J connectivity index is 1.24. The van der Waals surface area contributed by atoms with Gasteiger partial charge in [-0.3, -0.25) is 0 Å². The van der Waals surface area contributed by atoms with Gasteiger partial charge in [-0.15, -0.1) is 0 Å². The van der Waals surface area contributed by atoms with Crippen LogP contribution in [0.15, 0.2) is 200 Å². The Labute approximate surface area is 428 Å². The molecule has 7 nitrogen and oxygen atoms in total. The van der Waals surface area contributed by atoms with Crippen LogP contribution in [0.3, 0.4) is 0 Å². The maximum absolute atomic E-state index is 9.70. The standard InChI is InChI=1S/C67H39N7/c1-41-30-42(2)32-53(31-41)60-37-66(73-62-33-49(45-10-6-43(39-68)7-11-45)18-26-56(62)57-28-20-51(35-63(57)73)47-14-22-54(70-3)23-15-47)67(38-61(60)72-5)74-64-34-50(46-12-8-44(40-69)9-13-46)19-27-58(64)59-29-21-52(36-65(59)74)48-16-24-55(71-4)25-17-48/h6-38H,1-2H3. The average Bonchev–Trinajstić information content (AvgIpc) is 3.95. The molecule has 0 fully saturated rings. The molecule has 0 N–H and O–H groups in total. The van der Waals surface area contributed by atoms with E-state index in [1.807, 2.05) is 97.1 Å².